The van der Waals surface area contributed by atoms with Gasteiger partial charge in [0.2, 0.25) is 0 Å². The first kappa shape index (κ1) is 21.6. The highest BCUT2D eigenvalue weighted by molar-refractivity contribution is 7.83. The lowest BCUT2D eigenvalue weighted by Crippen LogP contribution is -2.36. The molecule has 0 saturated heterocycles. The van der Waals surface area contributed by atoms with Gasteiger partial charge in [0.25, 0.3) is 0 Å². The van der Waals surface area contributed by atoms with Crippen molar-refractivity contribution in [2.75, 3.05) is 13.2 Å². The molecule has 0 aromatic carbocycles. The van der Waals surface area contributed by atoms with Gasteiger partial charge in [-0.05, 0) is 13.3 Å². The van der Waals surface area contributed by atoms with Crippen LogP contribution in [0.3, 0.4) is 0 Å². The molecular formula is C16H30NO3SSi. The minimum Gasteiger partial charge on any atom is -0.515 e. The first-order chi connectivity index (χ1) is 10.5. The van der Waals surface area contributed by atoms with E-state index < -0.39 is 10.5 Å². The summed E-state index contributed by atoms with van der Waals surface area (Å²) in [5, 5.41) is 28.6. The van der Waals surface area contributed by atoms with E-state index in [4.69, 9.17) is 4.74 Å². The van der Waals surface area contributed by atoms with E-state index in [0.29, 0.717) is 13.0 Å². The van der Waals surface area contributed by atoms with Gasteiger partial charge in [-0.1, -0.05) is 51.9 Å². The Balaban J connectivity index is 4.31. The summed E-state index contributed by atoms with van der Waals surface area (Å²) < 4.78 is 4.39. The molecule has 0 aliphatic rings. The zero-order valence-corrected chi connectivity index (χ0v) is 15.7. The minimum absolute atomic E-state index is 0.0313. The quantitative estimate of drug-likeness (QED) is 0.273. The lowest BCUT2D eigenvalue weighted by atomic mass is 10.1. The van der Waals surface area contributed by atoms with E-state index in [1.807, 2.05) is 0 Å². The standard InChI is InChI=1S/C16H30NO3SSi/c1-3-5-6-7-8-9-10-11-16(21,13-17)22-15(19)14(12-18)20-4-2/h14,18-19,21H,3-12H2,1-2H3. The SMILES string of the molecule is CCCCCCCCCC(S)(C#N)[Si]=C(O)C(CO)OCC. The van der Waals surface area contributed by atoms with E-state index in [-0.39, 0.29) is 21.1 Å². The van der Waals surface area contributed by atoms with E-state index >= 15 is 0 Å². The molecule has 0 aliphatic heterocycles. The Hall–Kier alpha value is -0.353. The molecule has 2 N–H and O–H groups in total. The van der Waals surface area contributed by atoms with E-state index in [1.54, 1.807) is 6.92 Å². The second-order valence-electron chi connectivity index (χ2n) is 5.48. The zero-order chi connectivity index (χ0) is 16.8. The van der Waals surface area contributed by atoms with Gasteiger partial charge in [0, 0.05) is 6.61 Å². The molecule has 0 bridgehead atoms. The van der Waals surface area contributed by atoms with Gasteiger partial charge in [-0.2, -0.15) is 17.9 Å². The molecule has 0 saturated carbocycles. The molecule has 127 valence electrons. The highest BCUT2D eigenvalue weighted by Crippen LogP contribution is 2.20. The average molecular weight is 345 g/mol. The molecule has 2 unspecified atom stereocenters. The molecule has 0 rings (SSSR count). The molecule has 0 fully saturated rings. The number of thiol groups is 1. The number of aliphatic hydroxyl groups is 2. The number of nitrogens with zero attached hydrogens (tertiary/aromatic N) is 1. The predicted molar refractivity (Wildman–Crippen MR) is 95.1 cm³/mol. The molecular weight excluding hydrogens is 314 g/mol. The van der Waals surface area contributed by atoms with Crippen molar-refractivity contribution in [2.45, 2.75) is 75.7 Å². The number of ether oxygens (including phenoxy) is 1. The third-order valence-corrected chi connectivity index (χ3v) is 5.51. The minimum atomic E-state index is -0.863. The fourth-order valence-electron chi connectivity index (χ4n) is 2.20. The van der Waals surface area contributed by atoms with Gasteiger partial charge in [0.15, 0.2) is 0 Å². The molecule has 1 radical (unpaired) electrons. The lowest BCUT2D eigenvalue weighted by Gasteiger charge is -2.19. The number of nitriles is 1. The van der Waals surface area contributed by atoms with Gasteiger partial charge in [0.1, 0.15) is 19.6 Å². The molecule has 2 atom stereocenters. The molecule has 0 heterocycles. The molecule has 4 nitrogen and oxygen atoms in total. The highest BCUT2D eigenvalue weighted by atomic mass is 32.1. The summed E-state index contributed by atoms with van der Waals surface area (Å²) in [6.45, 7) is 4.13. The summed E-state index contributed by atoms with van der Waals surface area (Å²) in [5.74, 6) is 0. The van der Waals surface area contributed by atoms with Crippen LogP contribution in [0.25, 0.3) is 0 Å². The van der Waals surface area contributed by atoms with Crippen molar-refractivity contribution in [3.63, 3.8) is 0 Å². The Kier molecular flexibility index (Phi) is 12.9. The lowest BCUT2D eigenvalue weighted by molar-refractivity contribution is 0.0545. The fourth-order valence-corrected chi connectivity index (χ4v) is 3.81. The van der Waals surface area contributed by atoms with E-state index in [1.165, 1.54) is 32.1 Å². The van der Waals surface area contributed by atoms with Crippen molar-refractivity contribution < 1.29 is 14.9 Å². The van der Waals surface area contributed by atoms with Gasteiger partial charge < -0.3 is 14.9 Å². The fraction of sp³-hybridized carbons (Fsp3) is 0.875. The van der Waals surface area contributed by atoms with Crippen LogP contribution >= 0.6 is 12.6 Å². The van der Waals surface area contributed by atoms with Crippen molar-refractivity contribution in [2.24, 2.45) is 0 Å². The largest absolute Gasteiger partial charge is 0.515 e. The summed E-state index contributed by atoms with van der Waals surface area (Å²) in [4.78, 5) is 0. The number of rotatable bonds is 13. The molecule has 6 heteroatoms. The maximum absolute atomic E-state index is 10.1. The van der Waals surface area contributed by atoms with Crippen molar-refractivity contribution in [1.82, 2.24) is 0 Å². The van der Waals surface area contributed by atoms with Crippen molar-refractivity contribution >= 4 is 27.1 Å². The first-order valence-electron chi connectivity index (χ1n) is 8.23. The van der Waals surface area contributed by atoms with Crippen LogP contribution in [0.2, 0.25) is 0 Å². The van der Waals surface area contributed by atoms with Crippen LogP contribution in [0.15, 0.2) is 0 Å². The highest BCUT2D eigenvalue weighted by Gasteiger charge is 2.26. The maximum atomic E-state index is 10.1. The van der Waals surface area contributed by atoms with Crippen LogP contribution in [0.4, 0.5) is 0 Å². The predicted octanol–water partition coefficient (Wildman–Crippen LogP) is 2.88. The third-order valence-electron chi connectivity index (χ3n) is 3.50. The Morgan fingerprint density at radius 1 is 1.23 bits per heavy atom. The van der Waals surface area contributed by atoms with Crippen LogP contribution < -0.4 is 0 Å². The number of aliphatic hydroxyl groups excluding tert-OH is 2. The summed E-state index contributed by atoms with van der Waals surface area (Å²) in [6, 6.07) is 2.20. The van der Waals surface area contributed by atoms with Crippen LogP contribution in [0.1, 0.15) is 65.2 Å². The van der Waals surface area contributed by atoms with Crippen LogP contribution in [0.5, 0.6) is 0 Å². The van der Waals surface area contributed by atoms with Crippen molar-refractivity contribution in [1.29, 1.82) is 5.26 Å². The third kappa shape index (κ3) is 9.62. The van der Waals surface area contributed by atoms with Crippen LogP contribution in [0, 0.1) is 11.3 Å². The van der Waals surface area contributed by atoms with Crippen molar-refractivity contribution in [3.05, 3.63) is 0 Å². The number of hydrogen-bond acceptors (Lipinski definition) is 5. The summed E-state index contributed by atoms with van der Waals surface area (Å²) in [5.41, 5.74) is 0. The Bertz CT molecular complexity index is 360. The monoisotopic (exact) mass is 344 g/mol. The second kappa shape index (κ2) is 13.1. The second-order valence-corrected chi connectivity index (χ2v) is 8.28. The average Bonchev–Trinajstić information content (AvgIpc) is 2.51. The molecule has 0 amide bonds. The van der Waals surface area contributed by atoms with Gasteiger partial charge in [0.05, 0.1) is 18.0 Å². The van der Waals surface area contributed by atoms with E-state index in [2.05, 4.69) is 25.6 Å². The van der Waals surface area contributed by atoms with Gasteiger partial charge in [-0.3, -0.25) is 0 Å². The molecule has 0 spiro atoms. The first-order valence-corrected chi connectivity index (χ1v) is 9.67. The Labute approximate surface area is 142 Å². The topological polar surface area (TPSA) is 73.5 Å². The van der Waals surface area contributed by atoms with Gasteiger partial charge in [-0.15, -0.1) is 0 Å². The maximum Gasteiger partial charge on any atom is 0.132 e. The van der Waals surface area contributed by atoms with Crippen LogP contribution in [-0.2, 0) is 4.74 Å². The normalized spacial score (nSPS) is 16.0. The molecule has 0 aromatic heterocycles. The van der Waals surface area contributed by atoms with E-state index in [9.17, 15) is 15.5 Å². The van der Waals surface area contributed by atoms with E-state index in [0.717, 1.165) is 12.8 Å². The van der Waals surface area contributed by atoms with Crippen molar-refractivity contribution in [3.8, 4) is 6.07 Å². The van der Waals surface area contributed by atoms with Gasteiger partial charge in [-0.25, -0.2) is 0 Å². The summed E-state index contributed by atoms with van der Waals surface area (Å²) in [7, 11) is -0.150. The number of unbranched alkanes of at least 4 members (excludes halogenated alkanes) is 6. The van der Waals surface area contributed by atoms with Gasteiger partial charge >= 0.3 is 0 Å². The molecule has 22 heavy (non-hydrogen) atoms. The van der Waals surface area contributed by atoms with Crippen LogP contribution in [-0.4, -0.2) is 48.4 Å². The summed E-state index contributed by atoms with van der Waals surface area (Å²) in [6.07, 6.45) is 8.21. The zero-order valence-electron chi connectivity index (χ0n) is 13.8. The Morgan fingerprint density at radius 2 is 1.82 bits per heavy atom. The Morgan fingerprint density at radius 3 is 2.32 bits per heavy atom. The number of hydrogen-bond donors (Lipinski definition) is 3. The smallest absolute Gasteiger partial charge is 0.132 e. The summed E-state index contributed by atoms with van der Waals surface area (Å²) >= 11 is 4.45. The molecule has 0 aliphatic carbocycles. The molecule has 0 aromatic rings.